The number of ketones is 2. The van der Waals surface area contributed by atoms with Crippen LogP contribution in [0.4, 0.5) is 10.1 Å². The number of ether oxygens (including phenoxy) is 1. The van der Waals surface area contributed by atoms with E-state index >= 15 is 0 Å². The Hall–Kier alpha value is -3.33. The number of rotatable bonds is 15. The van der Waals surface area contributed by atoms with Gasteiger partial charge < -0.3 is 14.7 Å². The van der Waals surface area contributed by atoms with Crippen molar-refractivity contribution in [1.82, 2.24) is 4.90 Å². The van der Waals surface area contributed by atoms with Gasteiger partial charge in [-0.25, -0.2) is 4.39 Å². The molecule has 274 valence electrons. The standard InChI is InChI=1S/C41H57FN2O6/c1-6-10-29(11-7-2)44(30-15-16-34(42)26(5)20-30)38(46)24-43-23-33(32-22-28-18-19-50-37(28)21-25(32)4)39(41(48)49)35(43)13-9-12-31-36(45)17-14-27(8-3)40(31)47/h15-16,20-22,25,27,29,31-33,35,39H,6-14,17-19,23-24H2,1-5H3,(H,48,49)/t25?,27?,31?,32?,33-,35+,39-/m1/s1. The number of carboxylic acids is 1. The number of benzene rings is 1. The summed E-state index contributed by atoms with van der Waals surface area (Å²) in [6, 6.07) is 4.31. The molecule has 9 heteroatoms. The fourth-order valence-corrected chi connectivity index (χ4v) is 9.31. The van der Waals surface area contributed by atoms with Gasteiger partial charge in [0.05, 0.1) is 25.0 Å². The van der Waals surface area contributed by atoms with Crippen molar-refractivity contribution in [1.29, 1.82) is 0 Å². The molecule has 1 amide bonds. The summed E-state index contributed by atoms with van der Waals surface area (Å²) in [7, 11) is 0. The summed E-state index contributed by atoms with van der Waals surface area (Å²) in [5, 5.41) is 10.9. The molecule has 4 unspecified atom stereocenters. The fraction of sp³-hybridized carbons (Fsp3) is 0.659. The van der Waals surface area contributed by atoms with Crippen molar-refractivity contribution in [3.05, 3.63) is 53.1 Å². The zero-order chi connectivity index (χ0) is 36.1. The maximum absolute atomic E-state index is 14.6. The minimum atomic E-state index is -0.880. The largest absolute Gasteiger partial charge is 0.493 e. The molecule has 0 bridgehead atoms. The Labute approximate surface area is 297 Å². The van der Waals surface area contributed by atoms with Gasteiger partial charge in [0, 0.05) is 43.1 Å². The van der Waals surface area contributed by atoms with Crippen LogP contribution in [0.15, 0.2) is 41.7 Å². The Bertz CT molecular complexity index is 1480. The number of carbonyl (C=O) groups excluding carboxylic acids is 3. The van der Waals surface area contributed by atoms with Crippen LogP contribution in [-0.4, -0.2) is 65.2 Å². The Morgan fingerprint density at radius 2 is 1.82 bits per heavy atom. The quantitative estimate of drug-likeness (QED) is 0.188. The third kappa shape index (κ3) is 8.08. The second-order valence-corrected chi connectivity index (χ2v) is 15.2. The molecule has 1 saturated carbocycles. The molecular weight excluding hydrogens is 635 g/mol. The van der Waals surface area contributed by atoms with Gasteiger partial charge in [0.1, 0.15) is 23.1 Å². The molecule has 3 fully saturated rings. The molecule has 2 aliphatic carbocycles. The van der Waals surface area contributed by atoms with E-state index in [0.29, 0.717) is 56.5 Å². The highest BCUT2D eigenvalue weighted by molar-refractivity contribution is 6.05. The second-order valence-electron chi connectivity index (χ2n) is 15.2. The first-order chi connectivity index (χ1) is 24.0. The molecule has 0 aromatic heterocycles. The number of amides is 1. The third-order valence-corrected chi connectivity index (χ3v) is 11.9. The fourth-order valence-electron chi connectivity index (χ4n) is 9.31. The summed E-state index contributed by atoms with van der Waals surface area (Å²) in [6.07, 6.45) is 11.7. The number of Topliss-reactive ketones (excluding diaryl/α,β-unsaturated/α-hetero) is 2. The zero-order valence-electron chi connectivity index (χ0n) is 30.7. The van der Waals surface area contributed by atoms with Crippen LogP contribution in [0.5, 0.6) is 0 Å². The normalized spacial score (nSPS) is 28.3. The lowest BCUT2D eigenvalue weighted by atomic mass is 9.71. The topological polar surface area (TPSA) is 104 Å². The van der Waals surface area contributed by atoms with Crippen molar-refractivity contribution in [3.8, 4) is 0 Å². The van der Waals surface area contributed by atoms with Crippen LogP contribution in [0.1, 0.15) is 104 Å². The van der Waals surface area contributed by atoms with Crippen molar-refractivity contribution in [2.24, 2.45) is 35.5 Å². The Morgan fingerprint density at radius 1 is 1.08 bits per heavy atom. The van der Waals surface area contributed by atoms with E-state index in [1.54, 1.807) is 19.1 Å². The third-order valence-electron chi connectivity index (χ3n) is 11.9. The summed E-state index contributed by atoms with van der Waals surface area (Å²) in [4.78, 5) is 57.8. The monoisotopic (exact) mass is 692 g/mol. The first kappa shape index (κ1) is 37.9. The molecule has 2 aliphatic heterocycles. The average molecular weight is 693 g/mol. The maximum Gasteiger partial charge on any atom is 0.308 e. The highest BCUT2D eigenvalue weighted by atomic mass is 19.1. The first-order valence-corrected chi connectivity index (χ1v) is 19.2. The molecule has 2 saturated heterocycles. The van der Waals surface area contributed by atoms with Gasteiger partial charge in [0.15, 0.2) is 0 Å². The Balaban J connectivity index is 1.45. The number of allylic oxidation sites excluding steroid dienone is 3. The van der Waals surface area contributed by atoms with Crippen molar-refractivity contribution >= 4 is 29.1 Å². The SMILES string of the molecule is CCCC(CCC)N(C(=O)CN1C[C@H](C2C=C3CCOC3=CC2C)[C@@H](C(=O)O)[C@@H]1CCCC1C(=O)CCC(CC)C1=O)c1ccc(F)c(C)c1. The Kier molecular flexibility index (Phi) is 12.7. The molecule has 2 heterocycles. The smallest absolute Gasteiger partial charge is 0.308 e. The number of carboxylic acid groups (broad SMARTS) is 1. The lowest BCUT2D eigenvalue weighted by Crippen LogP contribution is -2.48. The number of carbonyl (C=O) groups is 4. The van der Waals surface area contributed by atoms with E-state index in [1.807, 2.05) is 11.8 Å². The zero-order valence-corrected chi connectivity index (χ0v) is 30.7. The van der Waals surface area contributed by atoms with Crippen LogP contribution < -0.4 is 4.90 Å². The van der Waals surface area contributed by atoms with Crippen LogP contribution in [0, 0.1) is 48.2 Å². The van der Waals surface area contributed by atoms with Gasteiger partial charge in [-0.3, -0.25) is 24.1 Å². The molecular formula is C41H57FN2O6. The van der Waals surface area contributed by atoms with Gasteiger partial charge >= 0.3 is 5.97 Å². The van der Waals surface area contributed by atoms with Gasteiger partial charge in [-0.1, -0.05) is 53.0 Å². The van der Waals surface area contributed by atoms with Crippen molar-refractivity contribution < 1.29 is 33.4 Å². The first-order valence-electron chi connectivity index (χ1n) is 19.2. The number of nitrogens with zero attached hydrogens (tertiary/aromatic N) is 2. The van der Waals surface area contributed by atoms with E-state index < -0.39 is 23.8 Å². The molecule has 4 aliphatic rings. The van der Waals surface area contributed by atoms with Gasteiger partial charge in [0.25, 0.3) is 0 Å². The molecule has 1 aromatic rings. The highest BCUT2D eigenvalue weighted by Gasteiger charge is 2.50. The summed E-state index contributed by atoms with van der Waals surface area (Å²) in [5.74, 6) is -2.05. The predicted molar refractivity (Wildman–Crippen MR) is 192 cm³/mol. The molecule has 5 rings (SSSR count). The number of hydrogen-bond acceptors (Lipinski definition) is 6. The maximum atomic E-state index is 14.6. The number of aliphatic carboxylic acids is 1. The summed E-state index contributed by atoms with van der Waals surface area (Å²) in [5.41, 5.74) is 2.26. The molecule has 7 atom stereocenters. The minimum absolute atomic E-state index is 0.00188. The molecule has 1 aromatic carbocycles. The lowest BCUT2D eigenvalue weighted by molar-refractivity contribution is -0.145. The number of likely N-dealkylation sites (tertiary alicyclic amines) is 1. The van der Waals surface area contributed by atoms with Crippen LogP contribution in [-0.2, 0) is 23.9 Å². The van der Waals surface area contributed by atoms with Gasteiger partial charge in [-0.05, 0) is 98.6 Å². The van der Waals surface area contributed by atoms with Crippen molar-refractivity contribution in [2.45, 2.75) is 117 Å². The van der Waals surface area contributed by atoms with E-state index in [4.69, 9.17) is 4.74 Å². The molecule has 0 spiro atoms. The van der Waals surface area contributed by atoms with Crippen molar-refractivity contribution in [2.75, 3.05) is 24.6 Å². The number of aryl methyl sites for hydroxylation is 1. The van der Waals surface area contributed by atoms with E-state index in [-0.39, 0.29) is 59.5 Å². The highest BCUT2D eigenvalue weighted by Crippen LogP contribution is 2.45. The molecule has 1 N–H and O–H groups in total. The number of fused-ring (bicyclic) bond motifs is 1. The minimum Gasteiger partial charge on any atom is -0.493 e. The van der Waals surface area contributed by atoms with E-state index in [1.165, 1.54) is 6.07 Å². The number of hydrogen-bond donors (Lipinski definition) is 1. The van der Waals surface area contributed by atoms with E-state index in [2.05, 4.69) is 37.8 Å². The van der Waals surface area contributed by atoms with E-state index in [9.17, 15) is 28.7 Å². The van der Waals surface area contributed by atoms with E-state index in [0.717, 1.165) is 49.9 Å². The molecule has 0 radical (unpaired) electrons. The summed E-state index contributed by atoms with van der Waals surface area (Å²) in [6.45, 7) is 11.1. The summed E-state index contributed by atoms with van der Waals surface area (Å²) >= 11 is 0. The Morgan fingerprint density at radius 3 is 2.48 bits per heavy atom. The van der Waals surface area contributed by atoms with Crippen LogP contribution in [0.2, 0.25) is 0 Å². The van der Waals surface area contributed by atoms with Crippen LogP contribution in [0.25, 0.3) is 0 Å². The number of anilines is 1. The second kappa shape index (κ2) is 16.8. The van der Waals surface area contributed by atoms with Crippen molar-refractivity contribution in [3.63, 3.8) is 0 Å². The van der Waals surface area contributed by atoms with Crippen LogP contribution in [0.3, 0.4) is 0 Å². The molecule has 50 heavy (non-hydrogen) atoms. The average Bonchev–Trinajstić information content (AvgIpc) is 3.68. The van der Waals surface area contributed by atoms with Gasteiger partial charge in [-0.15, -0.1) is 0 Å². The predicted octanol–water partition coefficient (Wildman–Crippen LogP) is 7.68. The lowest BCUT2D eigenvalue weighted by Gasteiger charge is -2.35. The van der Waals surface area contributed by atoms with Gasteiger partial charge in [-0.2, -0.15) is 0 Å². The summed E-state index contributed by atoms with van der Waals surface area (Å²) < 4.78 is 20.2. The molecule has 8 nitrogen and oxygen atoms in total. The van der Waals surface area contributed by atoms with Gasteiger partial charge in [0.2, 0.25) is 5.91 Å². The van der Waals surface area contributed by atoms with Crippen LogP contribution >= 0.6 is 0 Å². The number of halogens is 1.